The van der Waals surface area contributed by atoms with Crippen LogP contribution in [0.1, 0.15) is 310 Å². The second-order valence-corrected chi connectivity index (χ2v) is 19.5. The molecule has 0 N–H and O–H groups in total. The number of Topliss-reactive ketones (excluding diaryl/α,β-unsaturated/α-hetero) is 3. The van der Waals surface area contributed by atoms with E-state index in [-0.39, 0.29) is 37.5 Å². The van der Waals surface area contributed by atoms with Crippen LogP contribution in [0.2, 0.25) is 0 Å². The minimum atomic E-state index is -0.817. The highest BCUT2D eigenvalue weighted by Gasteiger charge is 2.19. The number of carbonyl (C=O) groups is 6. The van der Waals surface area contributed by atoms with Crippen LogP contribution in [-0.2, 0) is 43.0 Å². The summed E-state index contributed by atoms with van der Waals surface area (Å²) in [6, 6.07) is 0. The molecule has 0 aliphatic rings. The van der Waals surface area contributed by atoms with Crippen molar-refractivity contribution in [2.45, 2.75) is 316 Å². The van der Waals surface area contributed by atoms with Gasteiger partial charge in [0.1, 0.15) is 30.6 Å². The van der Waals surface area contributed by atoms with Gasteiger partial charge in [-0.25, -0.2) is 0 Å². The molecule has 0 saturated carbocycles. The van der Waals surface area contributed by atoms with Gasteiger partial charge in [-0.3, -0.25) is 28.8 Å². The Morgan fingerprint density at radius 2 is 0.455 bits per heavy atom. The summed E-state index contributed by atoms with van der Waals surface area (Å²) in [5.41, 5.74) is 0. The molecule has 0 atom stereocenters. The Hall–Kier alpha value is -2.58. The molecular formula is C57H104O9. The van der Waals surface area contributed by atoms with Crippen LogP contribution in [-0.4, -0.2) is 54.6 Å². The van der Waals surface area contributed by atoms with Crippen LogP contribution in [0.4, 0.5) is 0 Å². The molecule has 386 valence electrons. The van der Waals surface area contributed by atoms with E-state index in [2.05, 4.69) is 20.8 Å². The van der Waals surface area contributed by atoms with Crippen LogP contribution < -0.4 is 0 Å². The zero-order chi connectivity index (χ0) is 48.4. The van der Waals surface area contributed by atoms with Gasteiger partial charge in [0.05, 0.1) is 0 Å². The van der Waals surface area contributed by atoms with E-state index in [1.54, 1.807) is 0 Å². The van der Waals surface area contributed by atoms with Crippen molar-refractivity contribution in [1.82, 2.24) is 0 Å². The number of ether oxygens (including phenoxy) is 3. The fourth-order valence-electron chi connectivity index (χ4n) is 8.39. The van der Waals surface area contributed by atoms with Crippen LogP contribution in [0.25, 0.3) is 0 Å². The molecule has 0 rings (SSSR count). The summed E-state index contributed by atoms with van der Waals surface area (Å²) in [6.07, 6.45) is 43.6. The monoisotopic (exact) mass is 933 g/mol. The van der Waals surface area contributed by atoms with E-state index in [1.165, 1.54) is 77.0 Å². The zero-order valence-corrected chi connectivity index (χ0v) is 43.5. The molecular weight excluding hydrogens is 829 g/mol. The maximum absolute atomic E-state index is 12.8. The van der Waals surface area contributed by atoms with Crippen molar-refractivity contribution in [2.24, 2.45) is 0 Å². The molecule has 0 bridgehead atoms. The third-order valence-electron chi connectivity index (χ3n) is 12.8. The molecule has 9 heteroatoms. The van der Waals surface area contributed by atoms with Crippen LogP contribution in [0.3, 0.4) is 0 Å². The van der Waals surface area contributed by atoms with Gasteiger partial charge in [0.25, 0.3) is 0 Å². The van der Waals surface area contributed by atoms with Gasteiger partial charge in [-0.15, -0.1) is 0 Å². The topological polar surface area (TPSA) is 130 Å². The van der Waals surface area contributed by atoms with E-state index >= 15 is 0 Å². The average molecular weight is 933 g/mol. The third-order valence-corrected chi connectivity index (χ3v) is 12.8. The van der Waals surface area contributed by atoms with Crippen molar-refractivity contribution in [3.8, 4) is 0 Å². The molecule has 0 aromatic heterocycles. The minimum absolute atomic E-state index is 0.114. The molecule has 0 radical (unpaired) electrons. The summed E-state index contributed by atoms with van der Waals surface area (Å²) in [5.74, 6) is 0.264. The molecule has 66 heavy (non-hydrogen) atoms. The highest BCUT2D eigenvalue weighted by Crippen LogP contribution is 2.17. The standard InChI is InChI=1S/C57H104O9/c1-4-7-40-51(58)43-34-28-22-16-10-13-19-25-31-37-46-55(61)64-49-54(66-57(63)48-39-33-27-21-15-12-18-24-30-36-45-53(60)42-9-6-3)50-65-56(62)47-38-32-26-20-14-11-17-23-29-35-44-52(59)41-8-5-2/h54H,4-50H2,1-3H3. The molecule has 0 amide bonds. The Morgan fingerprint density at radius 1 is 0.258 bits per heavy atom. The molecule has 0 fully saturated rings. The number of carbonyl (C=O) groups excluding carboxylic acids is 6. The number of unbranched alkanes of at least 4 members (excludes halogenated alkanes) is 30. The molecule has 0 aromatic carbocycles. The zero-order valence-electron chi connectivity index (χ0n) is 43.5. The van der Waals surface area contributed by atoms with Gasteiger partial charge in [-0.1, -0.05) is 194 Å². The minimum Gasteiger partial charge on any atom is -0.462 e. The van der Waals surface area contributed by atoms with Crippen molar-refractivity contribution in [3.63, 3.8) is 0 Å². The lowest BCUT2D eigenvalue weighted by Gasteiger charge is -2.18. The Kier molecular flexibility index (Phi) is 48.3. The number of ketones is 3. The molecule has 9 nitrogen and oxygen atoms in total. The van der Waals surface area contributed by atoms with E-state index in [1.807, 2.05) is 0 Å². The Bertz CT molecular complexity index is 1110. The maximum Gasteiger partial charge on any atom is 0.306 e. The Morgan fingerprint density at radius 3 is 0.697 bits per heavy atom. The van der Waals surface area contributed by atoms with Crippen molar-refractivity contribution >= 4 is 35.3 Å². The van der Waals surface area contributed by atoms with Crippen LogP contribution in [0, 0.1) is 0 Å². The van der Waals surface area contributed by atoms with Gasteiger partial charge in [-0.05, 0) is 57.8 Å². The first-order chi connectivity index (χ1) is 32.2. The molecule has 0 spiro atoms. The lowest BCUT2D eigenvalue weighted by molar-refractivity contribution is -0.167. The first-order valence-electron chi connectivity index (χ1n) is 28.3. The van der Waals surface area contributed by atoms with Crippen molar-refractivity contribution in [3.05, 3.63) is 0 Å². The maximum atomic E-state index is 12.8. The SMILES string of the molecule is CCCCC(=O)CCCCCCCCCCCCC(=O)OCC(COC(=O)CCCCCCCCCCCCC(=O)CCCC)OC(=O)CCCCCCCCCCCCC(=O)CCCC. The first kappa shape index (κ1) is 63.4. The van der Waals surface area contributed by atoms with E-state index in [0.717, 1.165) is 193 Å². The summed E-state index contributed by atoms with van der Waals surface area (Å²) in [5, 5.41) is 0. The second-order valence-electron chi connectivity index (χ2n) is 19.5. The van der Waals surface area contributed by atoms with Crippen molar-refractivity contribution in [1.29, 1.82) is 0 Å². The van der Waals surface area contributed by atoms with Crippen LogP contribution in [0.15, 0.2) is 0 Å². The number of hydrogen-bond acceptors (Lipinski definition) is 9. The lowest BCUT2D eigenvalue weighted by Crippen LogP contribution is -2.30. The van der Waals surface area contributed by atoms with Gasteiger partial charge in [0, 0.05) is 57.8 Å². The van der Waals surface area contributed by atoms with Gasteiger partial charge in [0.15, 0.2) is 6.10 Å². The number of esters is 3. The first-order valence-corrected chi connectivity index (χ1v) is 28.3. The predicted molar refractivity (Wildman–Crippen MR) is 272 cm³/mol. The Labute approximate surface area is 405 Å². The Balaban J connectivity index is 4.38. The number of hydrogen-bond donors (Lipinski definition) is 0. The molecule has 0 unspecified atom stereocenters. The van der Waals surface area contributed by atoms with Crippen LogP contribution in [0.5, 0.6) is 0 Å². The van der Waals surface area contributed by atoms with E-state index in [0.29, 0.717) is 30.2 Å². The van der Waals surface area contributed by atoms with Gasteiger partial charge < -0.3 is 14.2 Å². The molecule has 0 saturated heterocycles. The summed E-state index contributed by atoms with van der Waals surface area (Å²) in [4.78, 5) is 73.5. The largest absolute Gasteiger partial charge is 0.462 e. The highest BCUT2D eigenvalue weighted by molar-refractivity contribution is 5.79. The van der Waals surface area contributed by atoms with Crippen LogP contribution >= 0.6 is 0 Å². The molecule has 0 aliphatic heterocycles. The van der Waals surface area contributed by atoms with E-state index in [9.17, 15) is 28.8 Å². The van der Waals surface area contributed by atoms with E-state index in [4.69, 9.17) is 14.2 Å². The van der Waals surface area contributed by atoms with Gasteiger partial charge in [0.2, 0.25) is 0 Å². The summed E-state index contributed by atoms with van der Waals surface area (Å²) >= 11 is 0. The highest BCUT2D eigenvalue weighted by atomic mass is 16.6. The normalized spacial score (nSPS) is 11.3. The summed E-state index contributed by atoms with van der Waals surface area (Å²) < 4.78 is 16.8. The predicted octanol–water partition coefficient (Wildman–Crippen LogP) is 16.3. The van der Waals surface area contributed by atoms with Crippen molar-refractivity contribution in [2.75, 3.05) is 13.2 Å². The third kappa shape index (κ3) is 47.9. The van der Waals surface area contributed by atoms with Crippen molar-refractivity contribution < 1.29 is 43.0 Å². The molecule has 0 aromatic rings. The van der Waals surface area contributed by atoms with Gasteiger partial charge in [-0.2, -0.15) is 0 Å². The smallest absolute Gasteiger partial charge is 0.306 e. The molecule has 0 aliphatic carbocycles. The fourth-order valence-corrected chi connectivity index (χ4v) is 8.39. The average Bonchev–Trinajstić information content (AvgIpc) is 3.31. The number of rotatable bonds is 53. The van der Waals surface area contributed by atoms with Gasteiger partial charge >= 0.3 is 17.9 Å². The lowest BCUT2D eigenvalue weighted by atomic mass is 10.0. The molecule has 0 heterocycles. The quantitative estimate of drug-likeness (QED) is 0.0332. The summed E-state index contributed by atoms with van der Waals surface area (Å²) in [7, 11) is 0. The second kappa shape index (κ2) is 50.3. The summed E-state index contributed by atoms with van der Waals surface area (Å²) in [6.45, 7) is 6.14. The fraction of sp³-hybridized carbons (Fsp3) is 0.895. The van der Waals surface area contributed by atoms with E-state index < -0.39 is 6.10 Å².